The molecule has 3 N–H and O–H groups in total. The maximum absolute atomic E-state index is 12.4. The number of hydrogen-bond donors (Lipinski definition) is 3. The van der Waals surface area contributed by atoms with E-state index in [0.717, 1.165) is 36.5 Å². The van der Waals surface area contributed by atoms with Gasteiger partial charge in [-0.2, -0.15) is 23.5 Å². The maximum atomic E-state index is 12.4. The molecule has 1 saturated heterocycles. The first-order valence-corrected chi connectivity index (χ1v) is 15.3. The van der Waals surface area contributed by atoms with Gasteiger partial charge in [-0.1, -0.05) is 74.0 Å². The Morgan fingerprint density at radius 3 is 2.18 bits per heavy atom. The summed E-state index contributed by atoms with van der Waals surface area (Å²) in [6, 6.07) is 20.9. The molecule has 0 amide bonds. The number of rotatable bonds is 15. The van der Waals surface area contributed by atoms with Gasteiger partial charge in [-0.3, -0.25) is 4.79 Å². The summed E-state index contributed by atoms with van der Waals surface area (Å²) in [6.45, 7) is 1.55. The first kappa shape index (κ1) is 30.5. The highest BCUT2D eigenvalue weighted by molar-refractivity contribution is 7.99. The van der Waals surface area contributed by atoms with E-state index in [1.54, 1.807) is 6.92 Å². The quantitative estimate of drug-likeness (QED) is 0.206. The number of thioether (sulfide) groups is 2. The zero-order valence-corrected chi connectivity index (χ0v) is 23.3. The summed E-state index contributed by atoms with van der Waals surface area (Å²) in [4.78, 5) is 23.7. The van der Waals surface area contributed by atoms with Crippen LogP contribution in [0, 0.1) is 5.92 Å². The van der Waals surface area contributed by atoms with Crippen LogP contribution in [0.4, 0.5) is 0 Å². The molecular formula is C29H38O7S2. The minimum atomic E-state index is -1.64. The Labute approximate surface area is 233 Å². The molecule has 1 fully saturated rings. The van der Waals surface area contributed by atoms with E-state index in [1.807, 2.05) is 35.7 Å². The van der Waals surface area contributed by atoms with Crippen LogP contribution in [0.2, 0.25) is 0 Å². The number of esters is 1. The molecule has 0 spiro atoms. The van der Waals surface area contributed by atoms with Crippen LogP contribution < -0.4 is 0 Å². The first-order chi connectivity index (χ1) is 18.3. The fourth-order valence-electron chi connectivity index (χ4n) is 4.25. The van der Waals surface area contributed by atoms with Crippen LogP contribution in [0.3, 0.4) is 0 Å². The number of carbonyl (C=O) groups excluding carboxylic acids is 1. The second-order valence-corrected chi connectivity index (χ2v) is 12.0. The summed E-state index contributed by atoms with van der Waals surface area (Å²) in [6.07, 6.45) is -2.01. The fourth-order valence-corrected chi connectivity index (χ4v) is 6.66. The Balaban J connectivity index is 1.42. The van der Waals surface area contributed by atoms with Gasteiger partial charge in [0.25, 0.3) is 0 Å². The van der Waals surface area contributed by atoms with Crippen molar-refractivity contribution in [1.82, 2.24) is 0 Å². The number of hydrogen-bond acceptors (Lipinski definition) is 8. The van der Waals surface area contributed by atoms with Gasteiger partial charge >= 0.3 is 11.9 Å². The van der Waals surface area contributed by atoms with Crippen molar-refractivity contribution in [2.24, 2.45) is 5.92 Å². The number of benzene rings is 2. The fraction of sp³-hybridized carbons (Fsp3) is 0.517. The molecule has 2 aromatic carbocycles. The monoisotopic (exact) mass is 562 g/mol. The molecular weight excluding hydrogens is 524 g/mol. The molecule has 0 bridgehead atoms. The lowest BCUT2D eigenvalue weighted by molar-refractivity contribution is -0.268. The third-order valence-electron chi connectivity index (χ3n) is 6.58. The minimum absolute atomic E-state index is 0.182. The minimum Gasteiger partial charge on any atom is -0.479 e. The lowest BCUT2D eigenvalue weighted by Gasteiger charge is -2.39. The summed E-state index contributed by atoms with van der Waals surface area (Å²) in [5.74, 6) is 0.369. The third-order valence-corrected chi connectivity index (χ3v) is 9.09. The number of carboxylic acids is 1. The lowest BCUT2D eigenvalue weighted by Crippen LogP contribution is -2.57. The number of unbranched alkanes of at least 4 members (excludes halogenated alkanes) is 1. The molecule has 6 atom stereocenters. The topological polar surface area (TPSA) is 113 Å². The highest BCUT2D eigenvalue weighted by atomic mass is 32.2. The van der Waals surface area contributed by atoms with E-state index >= 15 is 0 Å². The summed E-state index contributed by atoms with van der Waals surface area (Å²) >= 11 is 3.90. The summed E-state index contributed by atoms with van der Waals surface area (Å²) < 4.78 is 10.6. The average molecular weight is 563 g/mol. The number of aliphatic hydroxyl groups excluding tert-OH is 2. The van der Waals surface area contributed by atoms with E-state index in [2.05, 4.69) is 48.5 Å². The van der Waals surface area contributed by atoms with Crippen LogP contribution in [0.15, 0.2) is 60.7 Å². The second-order valence-electron chi connectivity index (χ2n) is 9.58. The molecule has 1 aliphatic rings. The van der Waals surface area contributed by atoms with E-state index in [1.165, 1.54) is 11.1 Å². The SMILES string of the molecule is CC1C(OC(=O)CCCCC(CCSCc2ccccc2)SCc2ccccc2)OC(C(=O)O)C(O)C1O. The predicted octanol–water partition coefficient (Wildman–Crippen LogP) is 4.88. The Bertz CT molecular complexity index is 975. The number of carboxylic acid groups (broad SMARTS) is 1. The largest absolute Gasteiger partial charge is 0.479 e. The molecule has 3 rings (SSSR count). The van der Waals surface area contributed by atoms with Crippen molar-refractivity contribution < 1.29 is 34.4 Å². The molecule has 0 saturated carbocycles. The second kappa shape index (κ2) is 16.2. The molecule has 1 aliphatic heterocycles. The standard InChI is InChI=1S/C29H38O7S2/c1-20-25(31)26(32)27(28(33)34)36-29(20)35-24(30)15-9-8-14-23(38-19-22-12-6-3-7-13-22)16-17-37-18-21-10-4-2-5-11-21/h2-7,10-13,20,23,25-27,29,31-32H,8-9,14-19H2,1H3,(H,33,34). The molecule has 9 heteroatoms. The summed E-state index contributed by atoms with van der Waals surface area (Å²) in [5, 5.41) is 29.7. The highest BCUT2D eigenvalue weighted by Gasteiger charge is 2.47. The Morgan fingerprint density at radius 2 is 1.55 bits per heavy atom. The lowest BCUT2D eigenvalue weighted by atomic mass is 9.92. The van der Waals surface area contributed by atoms with Gasteiger partial charge in [0.1, 0.15) is 6.10 Å². The molecule has 6 unspecified atom stereocenters. The Hall–Kier alpha value is -2.04. The van der Waals surface area contributed by atoms with Gasteiger partial charge < -0.3 is 24.8 Å². The maximum Gasteiger partial charge on any atom is 0.335 e. The number of ether oxygens (including phenoxy) is 2. The third kappa shape index (κ3) is 9.93. The molecule has 38 heavy (non-hydrogen) atoms. The molecule has 0 aliphatic carbocycles. The van der Waals surface area contributed by atoms with Crippen molar-refractivity contribution >= 4 is 35.5 Å². The zero-order chi connectivity index (χ0) is 27.3. The van der Waals surface area contributed by atoms with Crippen molar-refractivity contribution in [3.63, 3.8) is 0 Å². The van der Waals surface area contributed by atoms with Gasteiger partial charge in [-0.05, 0) is 36.1 Å². The van der Waals surface area contributed by atoms with Gasteiger partial charge in [0.15, 0.2) is 6.10 Å². The molecule has 208 valence electrons. The molecule has 0 radical (unpaired) electrons. The Kier molecular flexibility index (Phi) is 13.0. The van der Waals surface area contributed by atoms with Crippen LogP contribution in [0.25, 0.3) is 0 Å². The normalized spacial score (nSPS) is 24.0. The molecule has 1 heterocycles. The van der Waals surface area contributed by atoms with E-state index in [9.17, 15) is 24.9 Å². The molecule has 0 aromatic heterocycles. The first-order valence-electron chi connectivity index (χ1n) is 13.1. The van der Waals surface area contributed by atoms with Crippen LogP contribution in [0.5, 0.6) is 0 Å². The van der Waals surface area contributed by atoms with Gasteiger partial charge in [0, 0.05) is 29.1 Å². The van der Waals surface area contributed by atoms with Crippen molar-refractivity contribution in [2.75, 3.05) is 5.75 Å². The van der Waals surface area contributed by atoms with Gasteiger partial charge in [-0.15, -0.1) is 0 Å². The average Bonchev–Trinajstić information content (AvgIpc) is 2.92. The van der Waals surface area contributed by atoms with E-state index < -0.39 is 42.5 Å². The van der Waals surface area contributed by atoms with Crippen LogP contribution in [0.1, 0.15) is 50.2 Å². The highest BCUT2D eigenvalue weighted by Crippen LogP contribution is 2.29. The van der Waals surface area contributed by atoms with E-state index in [0.29, 0.717) is 11.7 Å². The molecule has 7 nitrogen and oxygen atoms in total. The van der Waals surface area contributed by atoms with Gasteiger partial charge in [0.2, 0.25) is 6.29 Å². The molecule has 2 aromatic rings. The van der Waals surface area contributed by atoms with Crippen molar-refractivity contribution in [2.45, 2.75) is 80.4 Å². The van der Waals surface area contributed by atoms with E-state index in [4.69, 9.17) is 9.47 Å². The number of carbonyl (C=O) groups is 2. The smallest absolute Gasteiger partial charge is 0.335 e. The van der Waals surface area contributed by atoms with Crippen molar-refractivity contribution in [3.8, 4) is 0 Å². The van der Waals surface area contributed by atoms with E-state index in [-0.39, 0.29) is 6.42 Å². The van der Waals surface area contributed by atoms with Crippen LogP contribution >= 0.6 is 23.5 Å². The van der Waals surface area contributed by atoms with Crippen LogP contribution in [-0.2, 0) is 30.6 Å². The van der Waals surface area contributed by atoms with Crippen molar-refractivity contribution in [3.05, 3.63) is 71.8 Å². The predicted molar refractivity (Wildman–Crippen MR) is 151 cm³/mol. The van der Waals surface area contributed by atoms with Gasteiger partial charge in [-0.25, -0.2) is 4.79 Å². The van der Waals surface area contributed by atoms with Gasteiger partial charge in [0.05, 0.1) is 6.10 Å². The zero-order valence-electron chi connectivity index (χ0n) is 21.7. The number of aliphatic hydroxyl groups is 2. The summed E-state index contributed by atoms with van der Waals surface area (Å²) in [5.41, 5.74) is 2.63. The van der Waals surface area contributed by atoms with Crippen LogP contribution in [-0.4, -0.2) is 62.9 Å². The summed E-state index contributed by atoms with van der Waals surface area (Å²) in [7, 11) is 0. The Morgan fingerprint density at radius 1 is 0.921 bits per heavy atom. The van der Waals surface area contributed by atoms with Crippen molar-refractivity contribution in [1.29, 1.82) is 0 Å². The number of aliphatic carboxylic acids is 1.